The van der Waals surface area contributed by atoms with Gasteiger partial charge in [0, 0.05) is 6.54 Å². The molecule has 0 saturated carbocycles. The minimum atomic E-state index is -0.0243. The molecule has 3 nitrogen and oxygen atoms in total. The number of rotatable bonds is 5. The molecule has 1 saturated heterocycles. The molecule has 3 rings (SSSR count). The van der Waals surface area contributed by atoms with E-state index < -0.39 is 0 Å². The Bertz CT molecular complexity index is 787. The van der Waals surface area contributed by atoms with E-state index >= 15 is 0 Å². The van der Waals surface area contributed by atoms with E-state index in [9.17, 15) is 4.79 Å². The van der Waals surface area contributed by atoms with Gasteiger partial charge in [-0.1, -0.05) is 66.4 Å². The third-order valence-corrected chi connectivity index (χ3v) is 5.11. The molecule has 2 aromatic carbocycles. The van der Waals surface area contributed by atoms with Crippen LogP contribution in [0.4, 0.5) is 0 Å². The van der Waals surface area contributed by atoms with Gasteiger partial charge in [0.1, 0.15) is 10.1 Å². The molecule has 0 spiro atoms. The maximum Gasteiger partial charge on any atom is 0.266 e. The van der Waals surface area contributed by atoms with Crippen molar-refractivity contribution in [3.05, 3.63) is 70.6 Å². The van der Waals surface area contributed by atoms with Gasteiger partial charge in [0.15, 0.2) is 0 Å². The van der Waals surface area contributed by atoms with Crippen molar-refractivity contribution in [2.24, 2.45) is 0 Å². The number of thiocarbonyl (C=S) groups is 1. The summed E-state index contributed by atoms with van der Waals surface area (Å²) in [4.78, 5) is 14.9. The van der Waals surface area contributed by atoms with Crippen LogP contribution in [-0.4, -0.2) is 28.8 Å². The molecule has 2 aromatic rings. The van der Waals surface area contributed by atoms with Gasteiger partial charge in [-0.25, -0.2) is 0 Å². The summed E-state index contributed by atoms with van der Waals surface area (Å²) >= 11 is 6.73. The summed E-state index contributed by atoms with van der Waals surface area (Å²) in [5.41, 5.74) is 2.13. The first-order chi connectivity index (χ1) is 11.7. The average molecular weight is 355 g/mol. The zero-order chi connectivity index (χ0) is 16.9. The quantitative estimate of drug-likeness (QED) is 0.595. The smallest absolute Gasteiger partial charge is 0.266 e. The molecule has 1 aliphatic heterocycles. The number of methoxy groups -OCH3 is 1. The lowest BCUT2D eigenvalue weighted by Gasteiger charge is -2.14. The number of amides is 1. The van der Waals surface area contributed by atoms with Crippen molar-refractivity contribution in [3.63, 3.8) is 0 Å². The zero-order valence-corrected chi connectivity index (χ0v) is 14.9. The van der Waals surface area contributed by atoms with E-state index in [1.807, 2.05) is 48.5 Å². The second-order valence-corrected chi connectivity index (χ2v) is 7.02. The summed E-state index contributed by atoms with van der Waals surface area (Å²) in [6.45, 7) is 0.601. The highest BCUT2D eigenvalue weighted by atomic mass is 32.2. The van der Waals surface area contributed by atoms with Crippen molar-refractivity contribution in [1.82, 2.24) is 4.90 Å². The van der Waals surface area contributed by atoms with Crippen LogP contribution in [0, 0.1) is 0 Å². The van der Waals surface area contributed by atoms with E-state index in [-0.39, 0.29) is 5.91 Å². The standard InChI is InChI=1S/C19H17NO2S2/c1-22-16-9-5-8-15(12-16)13-17-18(21)20(19(23)24-17)11-10-14-6-3-2-4-7-14/h2-9,12-13H,10-11H2,1H3. The van der Waals surface area contributed by atoms with Gasteiger partial charge in [0.2, 0.25) is 0 Å². The molecule has 0 aromatic heterocycles. The molecule has 0 bridgehead atoms. The van der Waals surface area contributed by atoms with E-state index in [1.54, 1.807) is 12.0 Å². The Balaban J connectivity index is 1.72. The van der Waals surface area contributed by atoms with Gasteiger partial charge in [0.05, 0.1) is 12.0 Å². The third kappa shape index (κ3) is 3.86. The molecule has 1 aliphatic rings. The average Bonchev–Trinajstić information content (AvgIpc) is 2.87. The minimum absolute atomic E-state index is 0.0243. The summed E-state index contributed by atoms with van der Waals surface area (Å²) in [6, 6.07) is 17.7. The zero-order valence-electron chi connectivity index (χ0n) is 13.3. The minimum Gasteiger partial charge on any atom is -0.497 e. The highest BCUT2D eigenvalue weighted by Gasteiger charge is 2.31. The van der Waals surface area contributed by atoms with Crippen molar-refractivity contribution < 1.29 is 9.53 Å². The summed E-state index contributed by atoms with van der Waals surface area (Å²) in [6.07, 6.45) is 2.66. The number of thioether (sulfide) groups is 1. The summed E-state index contributed by atoms with van der Waals surface area (Å²) < 4.78 is 5.83. The fourth-order valence-electron chi connectivity index (χ4n) is 2.46. The number of carbonyl (C=O) groups is 1. The van der Waals surface area contributed by atoms with Crippen molar-refractivity contribution in [2.75, 3.05) is 13.7 Å². The Morgan fingerprint density at radius 2 is 1.96 bits per heavy atom. The first-order valence-electron chi connectivity index (χ1n) is 7.61. The number of hydrogen-bond acceptors (Lipinski definition) is 4. The summed E-state index contributed by atoms with van der Waals surface area (Å²) in [5, 5.41) is 0. The van der Waals surface area contributed by atoms with Gasteiger partial charge in [0.25, 0.3) is 5.91 Å². The third-order valence-electron chi connectivity index (χ3n) is 3.73. The van der Waals surface area contributed by atoms with E-state index in [0.29, 0.717) is 15.8 Å². The van der Waals surface area contributed by atoms with Crippen molar-refractivity contribution in [1.29, 1.82) is 0 Å². The molecule has 0 unspecified atom stereocenters. The molecule has 122 valence electrons. The topological polar surface area (TPSA) is 29.5 Å². The molecule has 1 heterocycles. The Labute approximate surface area is 151 Å². The molecule has 0 N–H and O–H groups in total. The lowest BCUT2D eigenvalue weighted by molar-refractivity contribution is -0.122. The molecular weight excluding hydrogens is 338 g/mol. The fraction of sp³-hybridized carbons (Fsp3) is 0.158. The molecule has 0 radical (unpaired) electrons. The lowest BCUT2D eigenvalue weighted by Crippen LogP contribution is -2.30. The SMILES string of the molecule is COc1cccc(C=C2SC(=S)N(CCc3ccccc3)C2=O)c1. The predicted molar refractivity (Wildman–Crippen MR) is 103 cm³/mol. The van der Waals surface area contributed by atoms with E-state index in [0.717, 1.165) is 17.7 Å². The highest BCUT2D eigenvalue weighted by molar-refractivity contribution is 8.26. The molecule has 5 heteroatoms. The van der Waals surface area contributed by atoms with Gasteiger partial charge in [-0.15, -0.1) is 0 Å². The summed E-state index contributed by atoms with van der Waals surface area (Å²) in [7, 11) is 1.63. The largest absolute Gasteiger partial charge is 0.497 e. The van der Waals surface area contributed by atoms with Crippen LogP contribution in [0.15, 0.2) is 59.5 Å². The van der Waals surface area contributed by atoms with Gasteiger partial charge in [-0.2, -0.15) is 0 Å². The molecule has 1 fully saturated rings. The number of ether oxygens (including phenoxy) is 1. The number of nitrogens with zero attached hydrogens (tertiary/aromatic N) is 1. The number of hydrogen-bond donors (Lipinski definition) is 0. The molecule has 0 aliphatic carbocycles. The normalized spacial score (nSPS) is 16.0. The number of carbonyl (C=O) groups excluding carboxylic acids is 1. The first-order valence-corrected chi connectivity index (χ1v) is 8.83. The maximum atomic E-state index is 12.6. The maximum absolute atomic E-state index is 12.6. The van der Waals surface area contributed by atoms with Crippen molar-refractivity contribution in [2.45, 2.75) is 6.42 Å². The van der Waals surface area contributed by atoms with Gasteiger partial charge < -0.3 is 4.74 Å². The van der Waals surface area contributed by atoms with E-state index in [1.165, 1.54) is 17.3 Å². The van der Waals surface area contributed by atoms with Crippen molar-refractivity contribution >= 4 is 40.3 Å². The van der Waals surface area contributed by atoms with Crippen LogP contribution in [0.2, 0.25) is 0 Å². The predicted octanol–water partition coefficient (Wildman–Crippen LogP) is 4.14. The Morgan fingerprint density at radius 3 is 2.71 bits per heavy atom. The van der Waals surface area contributed by atoms with Crippen LogP contribution in [0.1, 0.15) is 11.1 Å². The molecule has 0 atom stereocenters. The molecule has 24 heavy (non-hydrogen) atoms. The van der Waals surface area contributed by atoms with Crippen LogP contribution >= 0.6 is 24.0 Å². The van der Waals surface area contributed by atoms with Gasteiger partial charge in [-0.05, 0) is 35.8 Å². The molecular formula is C19H17NO2S2. The second-order valence-electron chi connectivity index (χ2n) is 5.35. The van der Waals surface area contributed by atoms with Gasteiger partial charge >= 0.3 is 0 Å². The number of benzene rings is 2. The lowest BCUT2D eigenvalue weighted by atomic mass is 10.1. The van der Waals surface area contributed by atoms with Crippen molar-refractivity contribution in [3.8, 4) is 5.75 Å². The molecule has 1 amide bonds. The van der Waals surface area contributed by atoms with Crippen LogP contribution in [0.3, 0.4) is 0 Å². The first kappa shape index (κ1) is 16.7. The summed E-state index contributed by atoms with van der Waals surface area (Å²) in [5.74, 6) is 0.743. The van der Waals surface area contributed by atoms with Gasteiger partial charge in [-0.3, -0.25) is 9.69 Å². The van der Waals surface area contributed by atoms with Crippen LogP contribution in [-0.2, 0) is 11.2 Å². The van der Waals surface area contributed by atoms with Crippen LogP contribution < -0.4 is 4.74 Å². The van der Waals surface area contributed by atoms with E-state index in [4.69, 9.17) is 17.0 Å². The van der Waals surface area contributed by atoms with Crippen LogP contribution in [0.5, 0.6) is 5.75 Å². The van der Waals surface area contributed by atoms with E-state index in [2.05, 4.69) is 12.1 Å². The Hall–Kier alpha value is -2.11. The monoisotopic (exact) mass is 355 g/mol. The van der Waals surface area contributed by atoms with Crippen LogP contribution in [0.25, 0.3) is 6.08 Å². The second kappa shape index (κ2) is 7.64. The fourth-order valence-corrected chi connectivity index (χ4v) is 3.77. The Kier molecular flexibility index (Phi) is 5.33. The Morgan fingerprint density at radius 1 is 1.17 bits per heavy atom. The highest BCUT2D eigenvalue weighted by Crippen LogP contribution is 2.33.